The van der Waals surface area contributed by atoms with Gasteiger partial charge in [-0.05, 0) is 31.8 Å². The van der Waals surface area contributed by atoms with Crippen molar-refractivity contribution in [3.63, 3.8) is 0 Å². The zero-order valence-electron chi connectivity index (χ0n) is 17.3. The second-order valence-electron chi connectivity index (χ2n) is 7.91. The Kier molecular flexibility index (Phi) is 9.56. The third-order valence-corrected chi connectivity index (χ3v) is 5.79. The van der Waals surface area contributed by atoms with Gasteiger partial charge in [0.25, 0.3) is 0 Å². The highest BCUT2D eigenvalue weighted by Gasteiger charge is 2.56. The van der Waals surface area contributed by atoms with Crippen LogP contribution in [0.25, 0.3) is 0 Å². The molecule has 0 aromatic rings. The maximum Gasteiger partial charge on any atom is 0.303 e. The third kappa shape index (κ3) is 6.80. The number of carboxylic acid groups (broad SMARTS) is 1. The van der Waals surface area contributed by atoms with Gasteiger partial charge in [0.05, 0.1) is 25.2 Å². The van der Waals surface area contributed by atoms with Crippen LogP contribution in [-0.4, -0.2) is 35.9 Å². The number of carboxylic acids is 1. The van der Waals surface area contributed by atoms with Crippen molar-refractivity contribution in [3.05, 3.63) is 24.3 Å². The number of hydrogen-bond donors (Lipinski definition) is 1. The van der Waals surface area contributed by atoms with Crippen molar-refractivity contribution in [3.8, 4) is 6.07 Å². The Balaban J connectivity index is 2.04. The average molecular weight is 404 g/mol. The maximum absolute atomic E-state index is 12.2. The molecule has 2 fully saturated rings. The van der Waals surface area contributed by atoms with Gasteiger partial charge in [-0.2, -0.15) is 5.26 Å². The lowest BCUT2D eigenvalue weighted by Gasteiger charge is -2.30. The number of unbranched alkanes of at least 4 members (excludes halogenated alkanes) is 3. The highest BCUT2D eigenvalue weighted by molar-refractivity contribution is 5.89. The van der Waals surface area contributed by atoms with Crippen LogP contribution in [0.5, 0.6) is 0 Å². The summed E-state index contributed by atoms with van der Waals surface area (Å²) in [6, 6.07) is 2.38. The Bertz CT molecular complexity index is 642. The SMILES string of the molecule is CCCCCC(=O)C=C[C@@H]1[C@@H](C#N)CC2(OCCO2)[C@H]1CC=CCCCC(=O)O. The maximum atomic E-state index is 12.2. The number of carbonyl (C=O) groups excluding carboxylic acids is 1. The number of aliphatic carboxylic acids is 1. The van der Waals surface area contributed by atoms with Crippen LogP contribution in [0.2, 0.25) is 0 Å². The van der Waals surface area contributed by atoms with Gasteiger partial charge in [0.15, 0.2) is 11.6 Å². The third-order valence-electron chi connectivity index (χ3n) is 5.79. The molecule has 1 aliphatic heterocycles. The molecule has 1 spiro atoms. The summed E-state index contributed by atoms with van der Waals surface area (Å²) in [6.45, 7) is 3.14. The molecule has 2 aliphatic rings. The van der Waals surface area contributed by atoms with Gasteiger partial charge in [-0.15, -0.1) is 0 Å². The molecule has 0 bridgehead atoms. The molecule has 0 radical (unpaired) electrons. The van der Waals surface area contributed by atoms with Crippen LogP contribution in [0.4, 0.5) is 0 Å². The lowest BCUT2D eigenvalue weighted by atomic mass is 9.85. The molecule has 0 aromatic carbocycles. The van der Waals surface area contributed by atoms with Crippen molar-refractivity contribution in [2.24, 2.45) is 17.8 Å². The van der Waals surface area contributed by atoms with E-state index in [0.29, 0.717) is 45.3 Å². The van der Waals surface area contributed by atoms with Crippen molar-refractivity contribution in [2.45, 2.75) is 70.5 Å². The summed E-state index contributed by atoms with van der Waals surface area (Å²) in [6.07, 6.45) is 13.8. The molecule has 0 unspecified atom stereocenters. The van der Waals surface area contributed by atoms with Crippen LogP contribution < -0.4 is 0 Å². The molecular weight excluding hydrogens is 370 g/mol. The van der Waals surface area contributed by atoms with Crippen molar-refractivity contribution in [2.75, 3.05) is 13.2 Å². The van der Waals surface area contributed by atoms with Crippen LogP contribution in [-0.2, 0) is 19.1 Å². The van der Waals surface area contributed by atoms with E-state index in [4.69, 9.17) is 14.6 Å². The zero-order valence-corrected chi connectivity index (χ0v) is 17.3. The van der Waals surface area contributed by atoms with Crippen molar-refractivity contribution < 1.29 is 24.2 Å². The van der Waals surface area contributed by atoms with E-state index in [1.807, 2.05) is 18.2 Å². The van der Waals surface area contributed by atoms with E-state index in [2.05, 4.69) is 13.0 Å². The Morgan fingerprint density at radius 2 is 1.93 bits per heavy atom. The molecule has 1 aliphatic carbocycles. The molecule has 3 atom stereocenters. The quantitative estimate of drug-likeness (QED) is 0.294. The van der Waals surface area contributed by atoms with Gasteiger partial charge in [0, 0.05) is 31.1 Å². The monoisotopic (exact) mass is 403 g/mol. The largest absolute Gasteiger partial charge is 0.481 e. The number of hydrogen-bond acceptors (Lipinski definition) is 5. The molecule has 6 nitrogen and oxygen atoms in total. The Morgan fingerprint density at radius 1 is 1.17 bits per heavy atom. The molecule has 1 heterocycles. The molecule has 2 rings (SSSR count). The number of nitrogens with zero attached hydrogens (tertiary/aromatic N) is 1. The molecule has 1 saturated heterocycles. The second-order valence-corrected chi connectivity index (χ2v) is 7.91. The highest BCUT2D eigenvalue weighted by atomic mass is 16.7. The molecule has 0 aromatic heterocycles. The van der Waals surface area contributed by atoms with E-state index in [-0.39, 0.29) is 30.0 Å². The molecule has 1 N–H and O–H groups in total. The van der Waals surface area contributed by atoms with Gasteiger partial charge in [-0.25, -0.2) is 0 Å². The van der Waals surface area contributed by atoms with Crippen LogP contribution in [0.15, 0.2) is 24.3 Å². The summed E-state index contributed by atoms with van der Waals surface area (Å²) >= 11 is 0. The summed E-state index contributed by atoms with van der Waals surface area (Å²) in [4.78, 5) is 22.8. The summed E-state index contributed by atoms with van der Waals surface area (Å²) in [5, 5.41) is 18.4. The Labute approximate surface area is 173 Å². The number of nitriles is 1. The predicted molar refractivity (Wildman–Crippen MR) is 109 cm³/mol. The van der Waals surface area contributed by atoms with Gasteiger partial charge in [-0.1, -0.05) is 38.0 Å². The number of rotatable bonds is 12. The second kappa shape index (κ2) is 11.9. The summed E-state index contributed by atoms with van der Waals surface area (Å²) in [7, 11) is 0. The molecule has 29 heavy (non-hydrogen) atoms. The number of ether oxygens (including phenoxy) is 2. The Hall–Kier alpha value is -1.97. The molecule has 1 saturated carbocycles. The molecular formula is C23H33NO5. The Morgan fingerprint density at radius 3 is 2.59 bits per heavy atom. The van der Waals surface area contributed by atoms with E-state index in [1.165, 1.54) is 0 Å². The lowest BCUT2D eigenvalue weighted by molar-refractivity contribution is -0.184. The van der Waals surface area contributed by atoms with Crippen molar-refractivity contribution >= 4 is 11.8 Å². The van der Waals surface area contributed by atoms with Gasteiger partial charge in [-0.3, -0.25) is 9.59 Å². The minimum Gasteiger partial charge on any atom is -0.481 e. The smallest absolute Gasteiger partial charge is 0.303 e. The predicted octanol–water partition coefficient (Wildman–Crippen LogP) is 4.41. The lowest BCUT2D eigenvalue weighted by Crippen LogP contribution is -2.36. The van der Waals surface area contributed by atoms with Crippen molar-refractivity contribution in [1.82, 2.24) is 0 Å². The minimum atomic E-state index is -0.786. The van der Waals surface area contributed by atoms with E-state index < -0.39 is 11.8 Å². The van der Waals surface area contributed by atoms with E-state index in [9.17, 15) is 14.9 Å². The van der Waals surface area contributed by atoms with Gasteiger partial charge >= 0.3 is 5.97 Å². The minimum absolute atomic E-state index is 0.0370. The van der Waals surface area contributed by atoms with E-state index in [0.717, 1.165) is 19.3 Å². The van der Waals surface area contributed by atoms with Crippen LogP contribution in [0.3, 0.4) is 0 Å². The first-order valence-electron chi connectivity index (χ1n) is 10.8. The number of ketones is 1. The molecule has 160 valence electrons. The van der Waals surface area contributed by atoms with Gasteiger partial charge < -0.3 is 14.6 Å². The summed E-state index contributed by atoms with van der Waals surface area (Å²) in [5.41, 5.74) is 0. The number of allylic oxidation sites excluding steroid dienone is 4. The van der Waals surface area contributed by atoms with Crippen LogP contribution in [0, 0.1) is 29.1 Å². The first-order chi connectivity index (χ1) is 14.0. The summed E-state index contributed by atoms with van der Waals surface area (Å²) < 4.78 is 11.9. The van der Waals surface area contributed by atoms with Gasteiger partial charge in [0.1, 0.15) is 0 Å². The standard InChI is InChI=1S/C23H33NO5/c1-2-3-6-9-19(25)12-13-20-18(17-24)16-23(28-14-15-29-23)21(20)10-7-4-5-8-11-22(26)27/h4,7,12-13,18,20-21H,2-3,5-6,8-11,14-16H2,1H3,(H,26,27)/t18-,20-,21+/m1/s1. The van der Waals surface area contributed by atoms with Crippen LogP contribution in [0.1, 0.15) is 64.7 Å². The molecule has 6 heteroatoms. The highest BCUT2D eigenvalue weighted by Crippen LogP contribution is 2.51. The van der Waals surface area contributed by atoms with E-state index >= 15 is 0 Å². The van der Waals surface area contributed by atoms with Crippen LogP contribution >= 0.6 is 0 Å². The fraction of sp³-hybridized carbons (Fsp3) is 0.696. The number of carbonyl (C=O) groups is 2. The fourth-order valence-corrected chi connectivity index (χ4v) is 4.29. The first-order valence-corrected chi connectivity index (χ1v) is 10.8. The van der Waals surface area contributed by atoms with Gasteiger partial charge in [0.2, 0.25) is 0 Å². The average Bonchev–Trinajstić information content (AvgIpc) is 3.28. The summed E-state index contributed by atoms with van der Waals surface area (Å²) in [5.74, 6) is -1.83. The topological polar surface area (TPSA) is 96.6 Å². The van der Waals surface area contributed by atoms with E-state index in [1.54, 1.807) is 6.08 Å². The molecule has 0 amide bonds. The first kappa shape index (κ1) is 23.3. The zero-order chi connectivity index (χ0) is 21.1. The van der Waals surface area contributed by atoms with Crippen molar-refractivity contribution in [1.29, 1.82) is 5.26 Å². The fourth-order valence-electron chi connectivity index (χ4n) is 4.29. The normalized spacial score (nSPS) is 25.9.